The predicted octanol–water partition coefficient (Wildman–Crippen LogP) is 2.17. The molecule has 36 heavy (non-hydrogen) atoms. The van der Waals surface area contributed by atoms with E-state index in [0.29, 0.717) is 30.2 Å². The summed E-state index contributed by atoms with van der Waals surface area (Å²) in [6.45, 7) is 2.29. The van der Waals surface area contributed by atoms with E-state index in [2.05, 4.69) is 15.7 Å². The van der Waals surface area contributed by atoms with E-state index in [1.807, 2.05) is 12.1 Å². The van der Waals surface area contributed by atoms with Crippen molar-refractivity contribution in [3.8, 4) is 11.5 Å². The maximum absolute atomic E-state index is 13.2. The number of aromatic nitrogens is 2. The highest BCUT2D eigenvalue weighted by Gasteiger charge is 2.46. The molecule has 1 unspecified atom stereocenters. The molecule has 2 heterocycles. The lowest BCUT2D eigenvalue weighted by Crippen LogP contribution is -2.63. The summed E-state index contributed by atoms with van der Waals surface area (Å²) >= 11 is 0. The molecule has 1 saturated carbocycles. The van der Waals surface area contributed by atoms with E-state index in [-0.39, 0.29) is 36.0 Å². The molecule has 0 bridgehead atoms. The molecular formula is C26H35N5O5. The fraction of sp³-hybridized carbons (Fsp3) is 0.538. The molecule has 2 aliphatic rings. The zero-order valence-corrected chi connectivity index (χ0v) is 21.4. The molecule has 1 aliphatic carbocycles. The molecule has 1 aromatic heterocycles. The van der Waals surface area contributed by atoms with Crippen LogP contribution in [0.5, 0.6) is 11.5 Å². The van der Waals surface area contributed by atoms with Crippen LogP contribution < -0.4 is 20.1 Å². The average molecular weight is 498 g/mol. The molecule has 10 nitrogen and oxygen atoms in total. The molecule has 2 aromatic rings. The van der Waals surface area contributed by atoms with E-state index in [1.165, 1.54) is 22.1 Å². The minimum Gasteiger partial charge on any atom is -0.497 e. The number of fused-ring (bicyclic) bond motifs is 1. The monoisotopic (exact) mass is 497 g/mol. The van der Waals surface area contributed by atoms with Crippen molar-refractivity contribution in [2.75, 3.05) is 27.8 Å². The van der Waals surface area contributed by atoms with Gasteiger partial charge in [-0.25, -0.2) is 0 Å². The first-order chi connectivity index (χ1) is 17.3. The van der Waals surface area contributed by atoms with Crippen molar-refractivity contribution >= 4 is 17.7 Å². The minimum absolute atomic E-state index is 0.135. The summed E-state index contributed by atoms with van der Waals surface area (Å²) in [6, 6.07) is 7.15. The first kappa shape index (κ1) is 25.5. The van der Waals surface area contributed by atoms with Gasteiger partial charge in [-0.3, -0.25) is 19.1 Å². The number of benzene rings is 1. The number of hydrogen-bond donors (Lipinski definition) is 2. The zero-order valence-electron chi connectivity index (χ0n) is 21.4. The Kier molecular flexibility index (Phi) is 7.51. The summed E-state index contributed by atoms with van der Waals surface area (Å²) in [6.07, 6.45) is 5.86. The molecule has 0 spiro atoms. The third-order valence-corrected chi connectivity index (χ3v) is 7.34. The van der Waals surface area contributed by atoms with Gasteiger partial charge in [0, 0.05) is 31.8 Å². The topological polar surface area (TPSA) is 115 Å². The third kappa shape index (κ3) is 5.03. The van der Waals surface area contributed by atoms with Crippen LogP contribution in [0.1, 0.15) is 65.6 Å². The van der Waals surface area contributed by atoms with Gasteiger partial charge < -0.3 is 25.0 Å². The molecule has 2 N–H and O–H groups in total. The fourth-order valence-electron chi connectivity index (χ4n) is 4.89. The van der Waals surface area contributed by atoms with Crippen LogP contribution in [0.25, 0.3) is 0 Å². The van der Waals surface area contributed by atoms with Crippen LogP contribution in [0, 0.1) is 0 Å². The van der Waals surface area contributed by atoms with Gasteiger partial charge >= 0.3 is 0 Å². The molecule has 194 valence electrons. The number of methoxy groups -OCH3 is 2. The number of nitrogens with one attached hydrogen (secondary N) is 2. The molecule has 0 radical (unpaired) electrons. The second-order valence-corrected chi connectivity index (χ2v) is 9.70. The lowest BCUT2D eigenvalue weighted by Gasteiger charge is -2.41. The molecule has 1 aromatic carbocycles. The number of ether oxygens (including phenoxy) is 2. The van der Waals surface area contributed by atoms with Crippen LogP contribution in [0.15, 0.2) is 24.3 Å². The quantitative estimate of drug-likeness (QED) is 0.578. The van der Waals surface area contributed by atoms with E-state index in [4.69, 9.17) is 9.47 Å². The van der Waals surface area contributed by atoms with Gasteiger partial charge in [0.25, 0.3) is 11.8 Å². The Balaban J connectivity index is 1.41. The zero-order chi connectivity index (χ0) is 25.9. The van der Waals surface area contributed by atoms with E-state index in [9.17, 15) is 14.4 Å². The van der Waals surface area contributed by atoms with Crippen molar-refractivity contribution in [3.05, 3.63) is 41.2 Å². The first-order valence-electron chi connectivity index (χ1n) is 12.4. The largest absolute Gasteiger partial charge is 0.497 e. The van der Waals surface area contributed by atoms with Crippen LogP contribution in [-0.4, -0.2) is 71.8 Å². The highest BCUT2D eigenvalue weighted by molar-refractivity contribution is 6.01. The van der Waals surface area contributed by atoms with Crippen LogP contribution in [0.2, 0.25) is 0 Å². The van der Waals surface area contributed by atoms with Crippen LogP contribution in [0.3, 0.4) is 0 Å². The number of likely N-dealkylation sites (N-methyl/N-ethyl adjacent to an activating group) is 1. The lowest BCUT2D eigenvalue weighted by molar-refractivity contribution is -0.133. The summed E-state index contributed by atoms with van der Waals surface area (Å²) in [4.78, 5) is 40.6. The number of rotatable bonds is 8. The van der Waals surface area contributed by atoms with Crippen molar-refractivity contribution in [2.45, 2.75) is 63.6 Å². The second kappa shape index (κ2) is 10.6. The second-order valence-electron chi connectivity index (χ2n) is 9.70. The Morgan fingerprint density at radius 1 is 1.14 bits per heavy atom. The number of nitrogens with zero attached hydrogens (tertiary/aromatic N) is 3. The van der Waals surface area contributed by atoms with Gasteiger partial charge in [-0.2, -0.15) is 5.10 Å². The standard InChI is InChI=1S/C26H35N5O5/c1-26(25(34)28-18-8-6-5-7-9-18)16-31-21(24(33)30(26)2)15-20(29-31)23(32)27-13-12-17-10-11-19(35-3)14-22(17)36-4/h10-11,14-15,18H,5-9,12-13,16H2,1-4H3,(H,27,32)(H,28,34). The molecule has 0 saturated heterocycles. The number of amides is 3. The van der Waals surface area contributed by atoms with E-state index >= 15 is 0 Å². The average Bonchev–Trinajstić information content (AvgIpc) is 3.32. The smallest absolute Gasteiger partial charge is 0.272 e. The van der Waals surface area contributed by atoms with Gasteiger partial charge in [-0.05, 0) is 37.8 Å². The van der Waals surface area contributed by atoms with Gasteiger partial charge in [0.15, 0.2) is 5.69 Å². The summed E-state index contributed by atoms with van der Waals surface area (Å²) < 4.78 is 12.1. The van der Waals surface area contributed by atoms with E-state index < -0.39 is 5.54 Å². The minimum atomic E-state index is -1.09. The van der Waals surface area contributed by atoms with Gasteiger partial charge in [0.2, 0.25) is 5.91 Å². The van der Waals surface area contributed by atoms with Crippen molar-refractivity contribution in [3.63, 3.8) is 0 Å². The van der Waals surface area contributed by atoms with Gasteiger partial charge in [0.05, 0.1) is 20.8 Å². The number of hydrogen-bond acceptors (Lipinski definition) is 6. The Morgan fingerprint density at radius 2 is 1.89 bits per heavy atom. The number of carbonyl (C=O) groups excluding carboxylic acids is 3. The van der Waals surface area contributed by atoms with Gasteiger partial charge in [0.1, 0.15) is 22.7 Å². The third-order valence-electron chi connectivity index (χ3n) is 7.34. The van der Waals surface area contributed by atoms with E-state index in [1.54, 1.807) is 34.3 Å². The van der Waals surface area contributed by atoms with Crippen LogP contribution >= 0.6 is 0 Å². The van der Waals surface area contributed by atoms with Crippen molar-refractivity contribution in [1.29, 1.82) is 0 Å². The molecule has 4 rings (SSSR count). The highest BCUT2D eigenvalue weighted by atomic mass is 16.5. The van der Waals surface area contributed by atoms with E-state index in [0.717, 1.165) is 31.2 Å². The maximum Gasteiger partial charge on any atom is 0.272 e. The molecule has 10 heteroatoms. The van der Waals surface area contributed by atoms with Crippen LogP contribution in [-0.2, 0) is 17.8 Å². The highest BCUT2D eigenvalue weighted by Crippen LogP contribution is 2.28. The summed E-state index contributed by atoms with van der Waals surface area (Å²) in [5, 5.41) is 10.4. The molecular weight excluding hydrogens is 462 g/mol. The lowest BCUT2D eigenvalue weighted by atomic mass is 9.92. The molecule has 1 atom stereocenters. The van der Waals surface area contributed by atoms with Crippen molar-refractivity contribution < 1.29 is 23.9 Å². The summed E-state index contributed by atoms with van der Waals surface area (Å²) in [5.74, 6) is 0.467. The Labute approximate surface area is 211 Å². The SMILES string of the molecule is COc1ccc(CCNC(=O)c2cc3n(n2)CC(C)(C(=O)NC2CCCCC2)N(C)C3=O)c(OC)c1. The maximum atomic E-state index is 13.2. The molecule has 3 amide bonds. The molecule has 1 fully saturated rings. The molecule has 1 aliphatic heterocycles. The Hall–Kier alpha value is -3.56. The summed E-state index contributed by atoms with van der Waals surface area (Å²) in [5.41, 5.74) is 0.277. The predicted molar refractivity (Wildman–Crippen MR) is 133 cm³/mol. The summed E-state index contributed by atoms with van der Waals surface area (Å²) in [7, 11) is 4.80. The number of carbonyl (C=O) groups is 3. The van der Waals surface area contributed by atoms with Crippen molar-refractivity contribution in [1.82, 2.24) is 25.3 Å². The Morgan fingerprint density at radius 3 is 2.58 bits per heavy atom. The normalized spacial score (nSPS) is 20.0. The van der Waals surface area contributed by atoms with Gasteiger partial charge in [-0.15, -0.1) is 0 Å². The van der Waals surface area contributed by atoms with Crippen molar-refractivity contribution in [2.24, 2.45) is 0 Å². The van der Waals surface area contributed by atoms with Gasteiger partial charge in [-0.1, -0.05) is 25.3 Å². The fourth-order valence-corrected chi connectivity index (χ4v) is 4.89. The van der Waals surface area contributed by atoms with Crippen LogP contribution in [0.4, 0.5) is 0 Å². The Bertz CT molecular complexity index is 1140. The first-order valence-corrected chi connectivity index (χ1v) is 12.4.